The van der Waals surface area contributed by atoms with Crippen LogP contribution in [0.1, 0.15) is 55.1 Å². The van der Waals surface area contributed by atoms with E-state index in [-0.39, 0.29) is 23.3 Å². The SMILES string of the molecule is Cc1oc2ncnc(NC3(C)CC3)c2c1C(=O)C1CC[C@@H]2OCC[C@@H]12. The van der Waals surface area contributed by atoms with E-state index in [0.29, 0.717) is 23.0 Å². The number of fused-ring (bicyclic) bond motifs is 2. The lowest BCUT2D eigenvalue weighted by Crippen LogP contribution is -2.23. The van der Waals surface area contributed by atoms with Gasteiger partial charge in [0.1, 0.15) is 17.9 Å². The molecule has 6 nitrogen and oxygen atoms in total. The maximum absolute atomic E-state index is 13.4. The Bertz CT molecular complexity index is 855. The van der Waals surface area contributed by atoms with Crippen LogP contribution in [0.25, 0.3) is 11.1 Å². The summed E-state index contributed by atoms with van der Waals surface area (Å²) >= 11 is 0. The van der Waals surface area contributed by atoms with Crippen molar-refractivity contribution in [1.29, 1.82) is 0 Å². The van der Waals surface area contributed by atoms with Gasteiger partial charge in [-0.05, 0) is 51.9 Å². The summed E-state index contributed by atoms with van der Waals surface area (Å²) in [4.78, 5) is 22.1. The number of rotatable bonds is 4. The number of carbonyl (C=O) groups excluding carboxylic acids is 1. The quantitative estimate of drug-likeness (QED) is 0.858. The molecule has 2 aromatic rings. The summed E-state index contributed by atoms with van der Waals surface area (Å²) < 4.78 is 11.6. The lowest BCUT2D eigenvalue weighted by Gasteiger charge is -2.17. The van der Waals surface area contributed by atoms with Crippen LogP contribution in [-0.4, -0.2) is 34.0 Å². The first-order chi connectivity index (χ1) is 12.1. The lowest BCUT2D eigenvalue weighted by molar-refractivity contribution is 0.0836. The van der Waals surface area contributed by atoms with E-state index in [1.165, 1.54) is 6.33 Å². The number of aryl methyl sites for hydroxylation is 1. The molecule has 3 heterocycles. The van der Waals surface area contributed by atoms with E-state index < -0.39 is 0 Å². The van der Waals surface area contributed by atoms with E-state index in [1.54, 1.807) is 0 Å². The highest BCUT2D eigenvalue weighted by Gasteiger charge is 2.45. The van der Waals surface area contributed by atoms with Crippen LogP contribution < -0.4 is 5.32 Å². The van der Waals surface area contributed by atoms with Gasteiger partial charge in [-0.3, -0.25) is 4.79 Å². The predicted octanol–water partition coefficient (Wildman–Crippen LogP) is 3.49. The van der Waals surface area contributed by atoms with Crippen molar-refractivity contribution in [2.75, 3.05) is 11.9 Å². The molecule has 2 aromatic heterocycles. The van der Waals surface area contributed by atoms with Gasteiger partial charge in [-0.1, -0.05) is 0 Å². The van der Waals surface area contributed by atoms with E-state index >= 15 is 0 Å². The number of ketones is 1. The molecule has 1 aliphatic heterocycles. The lowest BCUT2D eigenvalue weighted by atomic mass is 9.86. The molecule has 6 heteroatoms. The Labute approximate surface area is 146 Å². The van der Waals surface area contributed by atoms with Crippen LogP contribution in [0, 0.1) is 18.8 Å². The van der Waals surface area contributed by atoms with Gasteiger partial charge < -0.3 is 14.5 Å². The fourth-order valence-corrected chi connectivity index (χ4v) is 4.53. The zero-order valence-corrected chi connectivity index (χ0v) is 14.7. The van der Waals surface area contributed by atoms with E-state index in [4.69, 9.17) is 9.15 Å². The number of aromatic nitrogens is 2. The molecule has 132 valence electrons. The molecule has 25 heavy (non-hydrogen) atoms. The highest BCUT2D eigenvalue weighted by molar-refractivity contribution is 6.12. The number of nitrogens with one attached hydrogen (secondary N) is 1. The molecule has 1 saturated heterocycles. The maximum atomic E-state index is 13.4. The van der Waals surface area contributed by atoms with E-state index in [0.717, 1.165) is 49.9 Å². The zero-order valence-electron chi connectivity index (χ0n) is 14.7. The number of hydrogen-bond donors (Lipinski definition) is 1. The van der Waals surface area contributed by atoms with Crippen molar-refractivity contribution in [2.45, 2.75) is 57.6 Å². The second kappa shape index (κ2) is 5.27. The molecule has 2 aliphatic carbocycles. The van der Waals surface area contributed by atoms with Gasteiger partial charge in [-0.15, -0.1) is 0 Å². The van der Waals surface area contributed by atoms with Gasteiger partial charge in [0.05, 0.1) is 17.1 Å². The van der Waals surface area contributed by atoms with E-state index in [9.17, 15) is 4.79 Å². The molecule has 0 amide bonds. The summed E-state index contributed by atoms with van der Waals surface area (Å²) in [6.07, 6.45) is 6.85. The summed E-state index contributed by atoms with van der Waals surface area (Å²) in [6.45, 7) is 4.81. The highest BCUT2D eigenvalue weighted by atomic mass is 16.5. The molecule has 0 radical (unpaired) electrons. The summed E-state index contributed by atoms with van der Waals surface area (Å²) in [5.41, 5.74) is 1.24. The number of furan rings is 1. The molecule has 3 aliphatic rings. The second-order valence-electron chi connectivity index (χ2n) is 8.03. The smallest absolute Gasteiger partial charge is 0.232 e. The summed E-state index contributed by atoms with van der Waals surface area (Å²) in [5, 5.41) is 4.24. The van der Waals surface area contributed by atoms with Crippen molar-refractivity contribution < 1.29 is 13.9 Å². The summed E-state index contributed by atoms with van der Waals surface area (Å²) in [6, 6.07) is 0. The van der Waals surface area contributed by atoms with Crippen molar-refractivity contribution >= 4 is 22.7 Å². The van der Waals surface area contributed by atoms with Crippen molar-refractivity contribution in [3.8, 4) is 0 Å². The zero-order chi connectivity index (χ0) is 17.2. The third-order valence-electron chi connectivity index (χ3n) is 6.21. The van der Waals surface area contributed by atoms with Gasteiger partial charge in [0.15, 0.2) is 5.78 Å². The van der Waals surface area contributed by atoms with Crippen LogP contribution in [0.2, 0.25) is 0 Å². The van der Waals surface area contributed by atoms with Gasteiger partial charge >= 0.3 is 0 Å². The fourth-order valence-electron chi connectivity index (χ4n) is 4.53. The molecule has 3 atom stereocenters. The van der Waals surface area contributed by atoms with Crippen LogP contribution in [0.4, 0.5) is 5.82 Å². The summed E-state index contributed by atoms with van der Waals surface area (Å²) in [7, 11) is 0. The number of nitrogens with zero attached hydrogens (tertiary/aromatic N) is 2. The molecule has 1 N–H and O–H groups in total. The van der Waals surface area contributed by atoms with Crippen LogP contribution in [0.5, 0.6) is 0 Å². The van der Waals surface area contributed by atoms with E-state index in [2.05, 4.69) is 22.2 Å². The van der Waals surface area contributed by atoms with Gasteiger partial charge in [0.25, 0.3) is 0 Å². The molecule has 0 aromatic carbocycles. The average Bonchev–Trinajstić information content (AvgIpc) is 2.96. The first-order valence-electron chi connectivity index (χ1n) is 9.24. The van der Waals surface area contributed by atoms with Crippen molar-refractivity contribution in [1.82, 2.24) is 9.97 Å². The Morgan fingerprint density at radius 2 is 2.12 bits per heavy atom. The Morgan fingerprint density at radius 3 is 2.92 bits per heavy atom. The highest BCUT2D eigenvalue weighted by Crippen LogP contribution is 2.45. The molecule has 3 fully saturated rings. The Kier molecular flexibility index (Phi) is 3.23. The average molecular weight is 341 g/mol. The Morgan fingerprint density at radius 1 is 1.28 bits per heavy atom. The monoisotopic (exact) mass is 341 g/mol. The van der Waals surface area contributed by atoms with Gasteiger partial charge in [0, 0.05) is 18.1 Å². The molecule has 0 spiro atoms. The molecule has 1 unspecified atom stereocenters. The molecule has 0 bridgehead atoms. The number of carbonyl (C=O) groups is 1. The normalized spacial score (nSPS) is 29.8. The number of anilines is 1. The third kappa shape index (κ3) is 2.38. The number of ether oxygens (including phenoxy) is 1. The van der Waals surface area contributed by atoms with Crippen LogP contribution in [0.15, 0.2) is 10.7 Å². The minimum atomic E-state index is 0.0246. The van der Waals surface area contributed by atoms with E-state index in [1.807, 2.05) is 6.92 Å². The minimum absolute atomic E-state index is 0.0246. The van der Waals surface area contributed by atoms with Crippen LogP contribution >= 0.6 is 0 Å². The molecular formula is C19H23N3O3. The standard InChI is InChI=1S/C19H23N3O3/c1-10-14(16(23)12-3-4-13-11(12)5-8-24-13)15-17(22-19(2)6-7-19)20-9-21-18(15)25-10/h9,11-13H,3-8H2,1-2H3,(H,20,21,22)/t11-,12?,13-/m0/s1. The fraction of sp³-hybridized carbons (Fsp3) is 0.632. The van der Waals surface area contributed by atoms with Crippen molar-refractivity contribution in [2.24, 2.45) is 11.8 Å². The molecule has 5 rings (SSSR count). The topological polar surface area (TPSA) is 77.3 Å². The first kappa shape index (κ1) is 15.3. The van der Waals surface area contributed by atoms with Crippen LogP contribution in [-0.2, 0) is 4.74 Å². The third-order valence-corrected chi connectivity index (χ3v) is 6.21. The maximum Gasteiger partial charge on any atom is 0.232 e. The second-order valence-corrected chi connectivity index (χ2v) is 8.03. The van der Waals surface area contributed by atoms with Gasteiger partial charge in [0.2, 0.25) is 5.71 Å². The van der Waals surface area contributed by atoms with Gasteiger partial charge in [-0.25, -0.2) is 9.97 Å². The van der Waals surface area contributed by atoms with Crippen molar-refractivity contribution in [3.63, 3.8) is 0 Å². The Hall–Kier alpha value is -1.95. The molecule has 2 saturated carbocycles. The number of hydrogen-bond acceptors (Lipinski definition) is 6. The van der Waals surface area contributed by atoms with Crippen LogP contribution in [0.3, 0.4) is 0 Å². The molecular weight excluding hydrogens is 318 g/mol. The first-order valence-corrected chi connectivity index (χ1v) is 9.24. The summed E-state index contributed by atoms with van der Waals surface area (Å²) in [5.74, 6) is 1.91. The minimum Gasteiger partial charge on any atom is -0.442 e. The predicted molar refractivity (Wildman–Crippen MR) is 92.7 cm³/mol. The largest absolute Gasteiger partial charge is 0.442 e. The van der Waals surface area contributed by atoms with Crippen molar-refractivity contribution in [3.05, 3.63) is 17.7 Å². The Balaban J connectivity index is 1.58. The van der Waals surface area contributed by atoms with Gasteiger partial charge in [-0.2, -0.15) is 0 Å². The number of Topliss-reactive ketones (excluding diaryl/α,β-unsaturated/α-hetero) is 1.